The van der Waals surface area contributed by atoms with Crippen LogP contribution in [0.2, 0.25) is 0 Å². The number of hydrogen-bond donors (Lipinski definition) is 5. The number of carbonyl (C=O) groups excluding carboxylic acids is 1. The van der Waals surface area contributed by atoms with Crippen LogP contribution in [0.5, 0.6) is 0 Å². The largest absolute Gasteiger partial charge is 0.465 e. The predicted molar refractivity (Wildman–Crippen MR) is 97.4 cm³/mol. The van der Waals surface area contributed by atoms with Crippen LogP contribution < -0.4 is 21.9 Å². The third-order valence-corrected chi connectivity index (χ3v) is 6.24. The fourth-order valence-electron chi connectivity index (χ4n) is 4.48. The first-order valence-electron chi connectivity index (χ1n) is 9.33. The fraction of sp³-hybridized carbons (Fsp3) is 0.667. The number of nitrogens with one attached hydrogen (secondary N) is 3. The molecule has 0 bridgehead atoms. The van der Waals surface area contributed by atoms with E-state index in [-0.39, 0.29) is 17.4 Å². The van der Waals surface area contributed by atoms with Gasteiger partial charge in [0.05, 0.1) is 5.70 Å². The van der Waals surface area contributed by atoms with Crippen molar-refractivity contribution in [3.05, 3.63) is 23.5 Å². The molecule has 0 spiro atoms. The van der Waals surface area contributed by atoms with Crippen molar-refractivity contribution >= 4 is 12.4 Å². The molecule has 3 aliphatic rings. The van der Waals surface area contributed by atoms with Gasteiger partial charge in [-0.15, -0.1) is 0 Å². The zero-order valence-corrected chi connectivity index (χ0v) is 15.2. The van der Waals surface area contributed by atoms with Crippen molar-refractivity contribution in [3.8, 4) is 0 Å². The van der Waals surface area contributed by atoms with Gasteiger partial charge in [-0.3, -0.25) is 5.43 Å². The van der Waals surface area contributed by atoms with Gasteiger partial charge in [0, 0.05) is 24.7 Å². The third-order valence-electron chi connectivity index (χ3n) is 6.24. The average Bonchev–Trinajstić information content (AvgIpc) is 2.60. The summed E-state index contributed by atoms with van der Waals surface area (Å²) in [6.07, 6.45) is 8.89. The van der Waals surface area contributed by atoms with E-state index in [4.69, 9.17) is 10.9 Å². The van der Waals surface area contributed by atoms with E-state index in [0.717, 1.165) is 49.8 Å². The SMILES string of the molecule is CC(C=O)C1=C(C2CC[C@H](C3(CNC(=O)O)CCC3)CN2)NN(N)C=C1. The maximum Gasteiger partial charge on any atom is 0.404 e. The summed E-state index contributed by atoms with van der Waals surface area (Å²) in [5, 5.41) is 16.5. The van der Waals surface area contributed by atoms with Gasteiger partial charge in [-0.2, -0.15) is 0 Å². The van der Waals surface area contributed by atoms with Gasteiger partial charge in [0.2, 0.25) is 0 Å². The Morgan fingerprint density at radius 3 is 2.85 bits per heavy atom. The van der Waals surface area contributed by atoms with E-state index < -0.39 is 6.09 Å². The minimum Gasteiger partial charge on any atom is -0.465 e. The summed E-state index contributed by atoms with van der Waals surface area (Å²) in [4.78, 5) is 22.1. The van der Waals surface area contributed by atoms with Crippen molar-refractivity contribution < 1.29 is 14.7 Å². The molecule has 1 saturated carbocycles. The Hall–Kier alpha value is -2.06. The summed E-state index contributed by atoms with van der Waals surface area (Å²) in [5.41, 5.74) is 5.17. The molecular weight excluding hydrogens is 334 g/mol. The minimum atomic E-state index is -0.947. The number of hydrazine groups is 2. The van der Waals surface area contributed by atoms with Crippen molar-refractivity contribution in [2.24, 2.45) is 23.1 Å². The molecule has 0 aromatic rings. The standard InChI is InChI=1S/C18H29N5O3/c1-12(10-24)14-5-8-23(19)22-16(14)15-4-3-13(9-20-15)18(6-2-7-18)11-21-17(25)26/h5,8,10,12-13,15,20-22H,2-4,6-7,9,11,19H2,1H3,(H,25,26)/t12?,13-,15?/m0/s1. The van der Waals surface area contributed by atoms with Crippen LogP contribution in [0.25, 0.3) is 0 Å². The summed E-state index contributed by atoms with van der Waals surface area (Å²) in [5.74, 6) is 6.12. The van der Waals surface area contributed by atoms with E-state index in [1.165, 1.54) is 11.5 Å². The summed E-state index contributed by atoms with van der Waals surface area (Å²) >= 11 is 0. The van der Waals surface area contributed by atoms with E-state index in [1.807, 2.05) is 13.0 Å². The average molecular weight is 363 g/mol. The van der Waals surface area contributed by atoms with Gasteiger partial charge in [0.1, 0.15) is 6.29 Å². The highest BCUT2D eigenvalue weighted by atomic mass is 16.4. The quantitative estimate of drug-likeness (QED) is 0.354. The van der Waals surface area contributed by atoms with E-state index in [0.29, 0.717) is 12.5 Å². The number of nitrogens with zero attached hydrogens (tertiary/aromatic N) is 1. The van der Waals surface area contributed by atoms with Gasteiger partial charge in [-0.25, -0.2) is 15.8 Å². The maximum atomic E-state index is 11.3. The Balaban J connectivity index is 1.67. The van der Waals surface area contributed by atoms with Crippen LogP contribution in [-0.4, -0.2) is 41.7 Å². The van der Waals surface area contributed by atoms with Crippen molar-refractivity contribution in [1.29, 1.82) is 0 Å². The summed E-state index contributed by atoms with van der Waals surface area (Å²) in [6.45, 7) is 3.26. The topological polar surface area (TPSA) is 120 Å². The number of amides is 1. The van der Waals surface area contributed by atoms with Crippen LogP contribution in [0.4, 0.5) is 4.79 Å². The number of carboxylic acid groups (broad SMARTS) is 1. The molecule has 1 saturated heterocycles. The number of aldehydes is 1. The molecule has 2 fully saturated rings. The lowest BCUT2D eigenvalue weighted by atomic mass is 9.59. The van der Waals surface area contributed by atoms with E-state index in [2.05, 4.69) is 16.1 Å². The van der Waals surface area contributed by atoms with Crippen LogP contribution in [0.1, 0.15) is 39.0 Å². The zero-order chi connectivity index (χ0) is 18.7. The lowest BCUT2D eigenvalue weighted by Crippen LogP contribution is -2.55. The highest BCUT2D eigenvalue weighted by Gasteiger charge is 2.45. The third kappa shape index (κ3) is 3.71. The second-order valence-electron chi connectivity index (χ2n) is 7.74. The number of piperidine rings is 1. The van der Waals surface area contributed by atoms with Crippen molar-refractivity contribution in [1.82, 2.24) is 21.2 Å². The first-order chi connectivity index (χ1) is 12.4. The first kappa shape index (κ1) is 18.7. The van der Waals surface area contributed by atoms with Crippen LogP contribution >= 0.6 is 0 Å². The van der Waals surface area contributed by atoms with Crippen LogP contribution in [0, 0.1) is 17.3 Å². The van der Waals surface area contributed by atoms with Gasteiger partial charge < -0.3 is 20.5 Å². The Morgan fingerprint density at radius 1 is 1.54 bits per heavy atom. The summed E-state index contributed by atoms with van der Waals surface area (Å²) < 4.78 is 0. The van der Waals surface area contributed by atoms with E-state index in [9.17, 15) is 9.59 Å². The lowest BCUT2D eigenvalue weighted by molar-refractivity contribution is -0.109. The molecule has 144 valence electrons. The number of carbonyl (C=O) groups is 2. The molecular formula is C18H29N5O3. The van der Waals surface area contributed by atoms with Gasteiger partial charge in [0.25, 0.3) is 0 Å². The van der Waals surface area contributed by atoms with Gasteiger partial charge in [0.15, 0.2) is 0 Å². The Kier molecular flexibility index (Phi) is 5.52. The molecule has 2 aliphatic heterocycles. The maximum absolute atomic E-state index is 11.3. The minimum absolute atomic E-state index is 0.0868. The number of nitrogens with two attached hydrogens (primary N) is 1. The van der Waals surface area contributed by atoms with Crippen LogP contribution in [-0.2, 0) is 4.79 Å². The van der Waals surface area contributed by atoms with Crippen molar-refractivity contribution in [2.75, 3.05) is 13.1 Å². The fourth-order valence-corrected chi connectivity index (χ4v) is 4.48. The predicted octanol–water partition coefficient (Wildman–Crippen LogP) is 1.09. The zero-order valence-electron chi connectivity index (χ0n) is 15.2. The number of allylic oxidation sites excluding steroid dienone is 2. The smallest absolute Gasteiger partial charge is 0.404 e. The molecule has 2 heterocycles. The molecule has 3 rings (SSSR count). The molecule has 8 nitrogen and oxygen atoms in total. The molecule has 26 heavy (non-hydrogen) atoms. The lowest BCUT2D eigenvalue weighted by Gasteiger charge is -2.50. The van der Waals surface area contributed by atoms with Crippen molar-refractivity contribution in [3.63, 3.8) is 0 Å². The molecule has 3 atom stereocenters. The molecule has 2 unspecified atom stereocenters. The molecule has 8 heteroatoms. The number of hydrogen-bond acceptors (Lipinski definition) is 6. The van der Waals surface area contributed by atoms with Gasteiger partial charge >= 0.3 is 6.09 Å². The van der Waals surface area contributed by atoms with Crippen molar-refractivity contribution in [2.45, 2.75) is 45.1 Å². The van der Waals surface area contributed by atoms with Crippen LogP contribution in [0.15, 0.2) is 23.5 Å². The second kappa shape index (κ2) is 7.67. The normalized spacial score (nSPS) is 28.8. The molecule has 6 N–H and O–H groups in total. The summed E-state index contributed by atoms with van der Waals surface area (Å²) in [7, 11) is 0. The Bertz CT molecular complexity index is 606. The Morgan fingerprint density at radius 2 is 2.31 bits per heavy atom. The first-order valence-corrected chi connectivity index (χ1v) is 9.33. The molecule has 1 aliphatic carbocycles. The highest BCUT2D eigenvalue weighted by molar-refractivity contribution is 5.64. The summed E-state index contributed by atoms with van der Waals surface area (Å²) in [6, 6.07) is 0.115. The second-order valence-corrected chi connectivity index (χ2v) is 7.74. The molecule has 0 aromatic carbocycles. The van der Waals surface area contributed by atoms with Gasteiger partial charge in [-0.05, 0) is 55.2 Å². The van der Waals surface area contributed by atoms with E-state index in [1.54, 1.807) is 6.20 Å². The molecule has 1 amide bonds. The number of rotatable bonds is 6. The highest BCUT2D eigenvalue weighted by Crippen LogP contribution is 2.49. The van der Waals surface area contributed by atoms with Gasteiger partial charge in [-0.1, -0.05) is 13.3 Å². The van der Waals surface area contributed by atoms with E-state index >= 15 is 0 Å². The monoisotopic (exact) mass is 363 g/mol. The molecule has 0 radical (unpaired) electrons. The van der Waals surface area contributed by atoms with Crippen LogP contribution in [0.3, 0.4) is 0 Å². The Labute approximate surface area is 153 Å². The molecule has 0 aromatic heterocycles.